The molecule has 2 amide bonds. The first-order valence-corrected chi connectivity index (χ1v) is 11.2. The average molecular weight is 438 g/mol. The Labute approximate surface area is 186 Å². The highest BCUT2D eigenvalue weighted by atomic mass is 32.2. The number of hydrogen-bond donors (Lipinski definition) is 2. The van der Waals surface area contributed by atoms with Gasteiger partial charge in [0.15, 0.2) is 5.16 Å². The van der Waals surface area contributed by atoms with Crippen molar-refractivity contribution in [1.29, 1.82) is 0 Å². The summed E-state index contributed by atoms with van der Waals surface area (Å²) in [6.45, 7) is 6.61. The van der Waals surface area contributed by atoms with Crippen LogP contribution < -0.4 is 10.6 Å². The molecule has 2 aromatic carbocycles. The fourth-order valence-electron chi connectivity index (χ4n) is 3.13. The SMILES string of the molecule is CCn1c(CCC(=O)Nc2ccccc2C)nnc1SCC(=O)Nc1cccc(C)c1. The lowest BCUT2D eigenvalue weighted by atomic mass is 10.2. The summed E-state index contributed by atoms with van der Waals surface area (Å²) in [5.74, 6) is 0.816. The summed E-state index contributed by atoms with van der Waals surface area (Å²) in [6, 6.07) is 15.4. The molecule has 0 fully saturated rings. The Morgan fingerprint density at radius 1 is 1.00 bits per heavy atom. The van der Waals surface area contributed by atoms with Crippen LogP contribution in [0.25, 0.3) is 0 Å². The van der Waals surface area contributed by atoms with Crippen molar-refractivity contribution in [3.63, 3.8) is 0 Å². The van der Waals surface area contributed by atoms with Gasteiger partial charge in [-0.05, 0) is 50.1 Å². The van der Waals surface area contributed by atoms with Gasteiger partial charge in [0.25, 0.3) is 0 Å². The van der Waals surface area contributed by atoms with Crippen LogP contribution in [0.1, 0.15) is 30.3 Å². The summed E-state index contributed by atoms with van der Waals surface area (Å²) in [5, 5.41) is 15.0. The van der Waals surface area contributed by atoms with Gasteiger partial charge in [0, 0.05) is 30.8 Å². The first-order valence-electron chi connectivity index (χ1n) is 10.2. The molecule has 0 atom stereocenters. The van der Waals surface area contributed by atoms with Crippen LogP contribution in [0.2, 0.25) is 0 Å². The van der Waals surface area contributed by atoms with Gasteiger partial charge in [0.1, 0.15) is 5.82 Å². The third kappa shape index (κ3) is 6.42. The standard InChI is InChI=1S/C23H27N5O2S/c1-4-28-20(12-13-21(29)25-19-11-6-5-9-17(19)3)26-27-23(28)31-15-22(30)24-18-10-7-8-16(2)14-18/h5-11,14H,4,12-13,15H2,1-3H3,(H,24,30)(H,25,29). The third-order valence-corrected chi connectivity index (χ3v) is 5.71. The molecule has 0 aliphatic heterocycles. The molecule has 0 saturated carbocycles. The van der Waals surface area contributed by atoms with Gasteiger partial charge in [0.2, 0.25) is 11.8 Å². The van der Waals surface area contributed by atoms with Gasteiger partial charge in [-0.1, -0.05) is 42.1 Å². The summed E-state index contributed by atoms with van der Waals surface area (Å²) in [5.41, 5.74) is 3.71. The van der Waals surface area contributed by atoms with E-state index in [0.29, 0.717) is 24.5 Å². The van der Waals surface area contributed by atoms with E-state index in [9.17, 15) is 9.59 Å². The van der Waals surface area contributed by atoms with E-state index in [0.717, 1.165) is 28.3 Å². The number of para-hydroxylation sites is 1. The Hall–Kier alpha value is -3.13. The van der Waals surface area contributed by atoms with E-state index < -0.39 is 0 Å². The molecular formula is C23H27N5O2S. The van der Waals surface area contributed by atoms with Crippen molar-refractivity contribution in [2.24, 2.45) is 0 Å². The average Bonchev–Trinajstić information content (AvgIpc) is 3.14. The Bertz CT molecular complexity index is 1060. The second-order valence-corrected chi connectivity index (χ2v) is 8.15. The van der Waals surface area contributed by atoms with E-state index >= 15 is 0 Å². The normalized spacial score (nSPS) is 10.7. The lowest BCUT2D eigenvalue weighted by Gasteiger charge is -2.09. The van der Waals surface area contributed by atoms with Crippen LogP contribution >= 0.6 is 11.8 Å². The predicted molar refractivity (Wildman–Crippen MR) is 124 cm³/mol. The third-order valence-electron chi connectivity index (χ3n) is 4.74. The van der Waals surface area contributed by atoms with Crippen molar-refractivity contribution < 1.29 is 9.59 Å². The highest BCUT2D eigenvalue weighted by Crippen LogP contribution is 2.19. The number of nitrogens with zero attached hydrogens (tertiary/aromatic N) is 3. The number of nitrogens with one attached hydrogen (secondary N) is 2. The number of amides is 2. The van der Waals surface area contributed by atoms with Gasteiger partial charge < -0.3 is 15.2 Å². The number of thioether (sulfide) groups is 1. The molecule has 0 spiro atoms. The van der Waals surface area contributed by atoms with Crippen molar-refractivity contribution in [2.75, 3.05) is 16.4 Å². The Morgan fingerprint density at radius 2 is 1.81 bits per heavy atom. The Balaban J connectivity index is 1.53. The molecule has 0 saturated heterocycles. The van der Waals surface area contributed by atoms with Crippen molar-refractivity contribution in [3.05, 3.63) is 65.5 Å². The zero-order valence-corrected chi connectivity index (χ0v) is 18.8. The van der Waals surface area contributed by atoms with Crippen molar-refractivity contribution >= 4 is 35.0 Å². The van der Waals surface area contributed by atoms with Crippen LogP contribution in [-0.2, 0) is 22.6 Å². The lowest BCUT2D eigenvalue weighted by molar-refractivity contribution is -0.116. The maximum absolute atomic E-state index is 12.3. The number of aryl methyl sites for hydroxylation is 3. The van der Waals surface area contributed by atoms with Gasteiger partial charge >= 0.3 is 0 Å². The number of carbonyl (C=O) groups excluding carboxylic acids is 2. The number of hydrogen-bond acceptors (Lipinski definition) is 5. The minimum absolute atomic E-state index is 0.0633. The molecule has 3 rings (SSSR count). The Morgan fingerprint density at radius 3 is 2.55 bits per heavy atom. The summed E-state index contributed by atoms with van der Waals surface area (Å²) >= 11 is 1.34. The maximum Gasteiger partial charge on any atom is 0.234 e. The minimum atomic E-state index is -0.0968. The molecule has 3 aromatic rings. The zero-order valence-electron chi connectivity index (χ0n) is 18.0. The second kappa shape index (κ2) is 10.8. The molecule has 162 valence electrons. The number of carbonyl (C=O) groups is 2. The van der Waals surface area contributed by atoms with Crippen LogP contribution in [0.15, 0.2) is 53.7 Å². The highest BCUT2D eigenvalue weighted by molar-refractivity contribution is 7.99. The zero-order chi connectivity index (χ0) is 22.2. The molecule has 1 heterocycles. The molecule has 1 aromatic heterocycles. The number of benzene rings is 2. The maximum atomic E-state index is 12.3. The van der Waals surface area contributed by atoms with Gasteiger partial charge in [-0.2, -0.15) is 0 Å². The second-order valence-electron chi connectivity index (χ2n) is 7.21. The lowest BCUT2D eigenvalue weighted by Crippen LogP contribution is -2.15. The van der Waals surface area contributed by atoms with Gasteiger partial charge in [-0.3, -0.25) is 9.59 Å². The smallest absolute Gasteiger partial charge is 0.234 e. The number of rotatable bonds is 9. The molecule has 31 heavy (non-hydrogen) atoms. The fourth-order valence-corrected chi connectivity index (χ4v) is 3.95. The highest BCUT2D eigenvalue weighted by Gasteiger charge is 2.15. The first-order chi connectivity index (χ1) is 15.0. The topological polar surface area (TPSA) is 88.9 Å². The van der Waals surface area contributed by atoms with Crippen molar-refractivity contribution in [3.8, 4) is 0 Å². The van der Waals surface area contributed by atoms with Crippen molar-refractivity contribution in [1.82, 2.24) is 14.8 Å². The van der Waals surface area contributed by atoms with E-state index in [-0.39, 0.29) is 17.6 Å². The molecule has 8 heteroatoms. The van der Waals surface area contributed by atoms with Crippen LogP contribution in [0.4, 0.5) is 11.4 Å². The van der Waals surface area contributed by atoms with E-state index in [1.807, 2.05) is 73.9 Å². The summed E-state index contributed by atoms with van der Waals surface area (Å²) < 4.78 is 1.95. The number of anilines is 2. The fraction of sp³-hybridized carbons (Fsp3) is 0.304. The summed E-state index contributed by atoms with van der Waals surface area (Å²) in [7, 11) is 0. The molecular weight excluding hydrogens is 410 g/mol. The molecule has 0 aliphatic rings. The molecule has 0 unspecified atom stereocenters. The van der Waals surface area contributed by atoms with Crippen LogP contribution in [0, 0.1) is 13.8 Å². The van der Waals surface area contributed by atoms with Gasteiger partial charge in [-0.25, -0.2) is 0 Å². The van der Waals surface area contributed by atoms with Gasteiger partial charge in [-0.15, -0.1) is 10.2 Å². The van der Waals surface area contributed by atoms with E-state index in [2.05, 4.69) is 20.8 Å². The van der Waals surface area contributed by atoms with E-state index in [4.69, 9.17) is 0 Å². The quantitative estimate of drug-likeness (QED) is 0.490. The molecule has 7 nitrogen and oxygen atoms in total. The van der Waals surface area contributed by atoms with Crippen LogP contribution in [0.5, 0.6) is 0 Å². The molecule has 0 aliphatic carbocycles. The summed E-state index contributed by atoms with van der Waals surface area (Å²) in [6.07, 6.45) is 0.791. The molecule has 2 N–H and O–H groups in total. The van der Waals surface area contributed by atoms with Crippen molar-refractivity contribution in [2.45, 2.75) is 45.3 Å². The number of aromatic nitrogens is 3. The monoisotopic (exact) mass is 437 g/mol. The molecule has 0 radical (unpaired) electrons. The molecule has 0 bridgehead atoms. The predicted octanol–water partition coefficient (Wildman–Crippen LogP) is 4.22. The first kappa shape index (κ1) is 22.6. The minimum Gasteiger partial charge on any atom is -0.326 e. The van der Waals surface area contributed by atoms with E-state index in [1.54, 1.807) is 0 Å². The largest absolute Gasteiger partial charge is 0.326 e. The summed E-state index contributed by atoms with van der Waals surface area (Å²) in [4.78, 5) is 24.6. The van der Waals surface area contributed by atoms with Crippen LogP contribution in [-0.4, -0.2) is 32.3 Å². The Kier molecular flexibility index (Phi) is 7.83. The van der Waals surface area contributed by atoms with Crippen LogP contribution in [0.3, 0.4) is 0 Å². The van der Waals surface area contributed by atoms with E-state index in [1.165, 1.54) is 11.8 Å². The van der Waals surface area contributed by atoms with Gasteiger partial charge in [0.05, 0.1) is 5.75 Å².